The summed E-state index contributed by atoms with van der Waals surface area (Å²) in [5.41, 5.74) is 5.29. The summed E-state index contributed by atoms with van der Waals surface area (Å²) in [4.78, 5) is 44.6. The van der Waals surface area contributed by atoms with Gasteiger partial charge in [-0.2, -0.15) is 5.01 Å². The molecular weight excluding hydrogens is 811 g/mol. The van der Waals surface area contributed by atoms with Crippen LogP contribution in [-0.2, 0) is 38.0 Å². The van der Waals surface area contributed by atoms with Crippen molar-refractivity contribution in [1.82, 2.24) is 25.1 Å². The van der Waals surface area contributed by atoms with Crippen molar-refractivity contribution in [2.24, 2.45) is 0 Å². The molecule has 0 saturated carbocycles. The summed E-state index contributed by atoms with van der Waals surface area (Å²) in [5.74, 6) is -0.760. The third-order valence-electron chi connectivity index (χ3n) is 8.83. The highest BCUT2D eigenvalue weighted by Crippen LogP contribution is 2.31. The largest absolute Gasteiger partial charge is 0.333 e. The number of halogens is 3. The van der Waals surface area contributed by atoms with Crippen molar-refractivity contribution in [1.29, 1.82) is 0 Å². The lowest BCUT2D eigenvalue weighted by molar-refractivity contribution is -0.157. The molecule has 11 heteroatoms. The fourth-order valence-electron chi connectivity index (χ4n) is 6.38. The van der Waals surface area contributed by atoms with Crippen molar-refractivity contribution in [3.63, 3.8) is 0 Å². The van der Waals surface area contributed by atoms with Gasteiger partial charge < -0.3 is 15.1 Å². The van der Waals surface area contributed by atoms with E-state index >= 15 is 0 Å². The molecule has 2 aliphatic heterocycles. The number of hydrogen-bond acceptors (Lipinski definition) is 4. The van der Waals surface area contributed by atoms with Crippen LogP contribution in [0.3, 0.4) is 0 Å². The van der Waals surface area contributed by atoms with Gasteiger partial charge in [-0.25, -0.2) is 9.18 Å². The second-order valence-corrected chi connectivity index (χ2v) is 13.2. The van der Waals surface area contributed by atoms with Crippen LogP contribution in [0.5, 0.6) is 0 Å². The smallest absolute Gasteiger partial charge is 0.332 e. The fraction of sp³-hybridized carbons (Fsp3) is 0.286. The molecule has 2 saturated heterocycles. The summed E-state index contributed by atoms with van der Waals surface area (Å²) in [5, 5.41) is 8.35. The van der Waals surface area contributed by atoms with Gasteiger partial charge in [0.25, 0.3) is 0 Å². The van der Waals surface area contributed by atoms with Crippen molar-refractivity contribution >= 4 is 73.8 Å². The number of hydrazine groups is 1. The Morgan fingerprint density at radius 1 is 0.913 bits per heavy atom. The second-order valence-electron chi connectivity index (χ2n) is 11.6. The predicted octanol–water partition coefficient (Wildman–Crippen LogP) is 6.03. The number of fused-ring (bicyclic) bond motifs is 2. The average Bonchev–Trinajstić information content (AvgIpc) is 3.41. The first-order valence-electron chi connectivity index (χ1n) is 15.1. The number of piperazine rings is 1. The van der Waals surface area contributed by atoms with E-state index in [1.54, 1.807) is 34.0 Å². The molecule has 2 fully saturated rings. The molecule has 1 N–H and O–H groups in total. The van der Waals surface area contributed by atoms with Crippen LogP contribution in [-0.4, -0.2) is 70.0 Å². The SMILES string of the molecule is CN(C(=O)NCc1ccc(CI)c(CI)c1)N1CC(=O)N2[C@@H](Cc3ccc(F)cc3)C(=O)N(Cc3cccc4ccccc34)C[C@@H]21. The number of benzene rings is 4. The van der Waals surface area contributed by atoms with Crippen molar-refractivity contribution in [2.75, 3.05) is 20.1 Å². The van der Waals surface area contributed by atoms with Crippen LogP contribution < -0.4 is 5.32 Å². The van der Waals surface area contributed by atoms with E-state index in [4.69, 9.17) is 0 Å². The molecule has 8 nitrogen and oxygen atoms in total. The van der Waals surface area contributed by atoms with Gasteiger partial charge in [0.15, 0.2) is 0 Å². The van der Waals surface area contributed by atoms with Crippen LogP contribution in [0.2, 0.25) is 0 Å². The first kappa shape index (κ1) is 32.6. The van der Waals surface area contributed by atoms with E-state index in [0.717, 1.165) is 36.3 Å². The van der Waals surface area contributed by atoms with Gasteiger partial charge >= 0.3 is 6.03 Å². The minimum absolute atomic E-state index is 0.0345. The third kappa shape index (κ3) is 6.72. The van der Waals surface area contributed by atoms with Crippen LogP contribution in [0.15, 0.2) is 84.9 Å². The number of rotatable bonds is 9. The van der Waals surface area contributed by atoms with Crippen LogP contribution in [0, 0.1) is 5.82 Å². The summed E-state index contributed by atoms with van der Waals surface area (Å²) >= 11 is 4.71. The molecule has 0 aliphatic carbocycles. The molecule has 4 amide bonds. The van der Waals surface area contributed by atoms with Crippen molar-refractivity contribution in [2.45, 2.75) is 40.6 Å². The predicted molar refractivity (Wildman–Crippen MR) is 192 cm³/mol. The molecule has 238 valence electrons. The molecule has 0 unspecified atom stereocenters. The number of hydrogen-bond donors (Lipinski definition) is 1. The molecule has 2 aliphatic rings. The Bertz CT molecular complexity index is 1770. The van der Waals surface area contributed by atoms with E-state index in [1.807, 2.05) is 48.5 Å². The van der Waals surface area contributed by atoms with Gasteiger partial charge in [0.05, 0.1) is 13.1 Å². The van der Waals surface area contributed by atoms with Gasteiger partial charge in [-0.1, -0.05) is 118 Å². The van der Waals surface area contributed by atoms with Crippen LogP contribution >= 0.6 is 45.2 Å². The zero-order valence-corrected chi connectivity index (χ0v) is 29.6. The van der Waals surface area contributed by atoms with Crippen LogP contribution in [0.4, 0.5) is 9.18 Å². The molecule has 0 bridgehead atoms. The van der Waals surface area contributed by atoms with E-state index in [0.29, 0.717) is 13.1 Å². The molecule has 2 heterocycles. The maximum atomic E-state index is 14.1. The molecule has 4 aromatic carbocycles. The second kappa shape index (κ2) is 14.2. The highest BCUT2D eigenvalue weighted by molar-refractivity contribution is 14.1. The number of amides is 4. The number of nitrogens with zero attached hydrogens (tertiary/aromatic N) is 4. The van der Waals surface area contributed by atoms with Crippen molar-refractivity contribution in [3.8, 4) is 0 Å². The molecule has 0 spiro atoms. The minimum atomic E-state index is -0.795. The molecule has 0 radical (unpaired) electrons. The van der Waals surface area contributed by atoms with Crippen LogP contribution in [0.1, 0.15) is 27.8 Å². The lowest BCUT2D eigenvalue weighted by atomic mass is 9.99. The first-order valence-corrected chi connectivity index (χ1v) is 18.1. The first-order chi connectivity index (χ1) is 22.3. The monoisotopic (exact) mass is 845 g/mol. The van der Waals surface area contributed by atoms with Crippen molar-refractivity contribution < 1.29 is 18.8 Å². The van der Waals surface area contributed by atoms with E-state index in [2.05, 4.69) is 62.6 Å². The standard InChI is InChI=1S/C35H34FI2N5O3/c1-40(35(46)39-19-24-9-12-26(17-37)28(15-24)18-38)42-22-33(44)43-31(16-23-10-13-29(36)14-11-23)34(45)41(21-32(42)43)20-27-7-4-6-25-5-2-3-8-30(25)27/h2-15,31-32H,16-22H2,1H3,(H,39,46)/t31-,32+/m0/s1. The van der Waals surface area contributed by atoms with Crippen molar-refractivity contribution in [3.05, 3.63) is 119 Å². The Morgan fingerprint density at radius 3 is 2.39 bits per heavy atom. The van der Waals surface area contributed by atoms with Gasteiger partial charge in [-0.05, 0) is 50.7 Å². The molecule has 2 atom stereocenters. The molecule has 46 heavy (non-hydrogen) atoms. The average molecular weight is 845 g/mol. The minimum Gasteiger partial charge on any atom is -0.333 e. The van der Waals surface area contributed by atoms with Gasteiger partial charge in [-0.15, -0.1) is 0 Å². The van der Waals surface area contributed by atoms with E-state index in [9.17, 15) is 18.8 Å². The number of alkyl halides is 2. The third-order valence-corrected chi connectivity index (χ3v) is 10.5. The number of urea groups is 1. The van der Waals surface area contributed by atoms with Crippen LogP contribution in [0.25, 0.3) is 10.8 Å². The summed E-state index contributed by atoms with van der Waals surface area (Å²) in [6.07, 6.45) is -0.307. The lowest BCUT2D eigenvalue weighted by Gasteiger charge is -2.46. The zero-order valence-electron chi connectivity index (χ0n) is 25.3. The Labute approximate surface area is 295 Å². The van der Waals surface area contributed by atoms with Gasteiger partial charge in [0, 0.05) is 35.4 Å². The summed E-state index contributed by atoms with van der Waals surface area (Å²) < 4.78 is 15.5. The van der Waals surface area contributed by atoms with E-state index in [1.165, 1.54) is 28.3 Å². The normalized spacial score (nSPS) is 18.3. The van der Waals surface area contributed by atoms with Gasteiger partial charge in [0.2, 0.25) is 11.8 Å². The number of carbonyl (C=O) groups is 3. The summed E-state index contributed by atoms with van der Waals surface area (Å²) in [6.45, 7) is 0.910. The highest BCUT2D eigenvalue weighted by Gasteiger charge is 2.51. The van der Waals surface area contributed by atoms with Gasteiger partial charge in [0.1, 0.15) is 18.0 Å². The maximum absolute atomic E-state index is 14.1. The quantitative estimate of drug-likeness (QED) is 0.165. The Kier molecular flexibility index (Phi) is 10.1. The van der Waals surface area contributed by atoms with E-state index in [-0.39, 0.29) is 43.2 Å². The Balaban J connectivity index is 1.25. The maximum Gasteiger partial charge on any atom is 0.332 e. The zero-order chi connectivity index (χ0) is 32.4. The van der Waals surface area contributed by atoms with E-state index < -0.39 is 12.2 Å². The summed E-state index contributed by atoms with van der Waals surface area (Å²) in [6, 6.07) is 25.3. The molecule has 0 aromatic heterocycles. The Hall–Kier alpha value is -3.30. The number of carbonyl (C=O) groups excluding carboxylic acids is 3. The topological polar surface area (TPSA) is 76.2 Å². The fourth-order valence-corrected chi connectivity index (χ4v) is 7.84. The summed E-state index contributed by atoms with van der Waals surface area (Å²) in [7, 11) is 1.65. The Morgan fingerprint density at radius 2 is 1.63 bits per heavy atom. The van der Waals surface area contributed by atoms with Gasteiger partial charge in [-0.3, -0.25) is 14.6 Å². The number of nitrogens with one attached hydrogen (secondary N) is 1. The lowest BCUT2D eigenvalue weighted by Crippen LogP contribution is -2.65. The molecular formula is C35H34FI2N5O3. The highest BCUT2D eigenvalue weighted by atomic mass is 127. The molecule has 4 aromatic rings. The molecule has 6 rings (SSSR count).